The molecule has 0 aromatic heterocycles. The Labute approximate surface area is 191 Å². The highest BCUT2D eigenvalue weighted by molar-refractivity contribution is 5.69. The molecule has 0 amide bonds. The van der Waals surface area contributed by atoms with Crippen molar-refractivity contribution in [3.05, 3.63) is 0 Å². The summed E-state index contributed by atoms with van der Waals surface area (Å²) in [6.45, 7) is 0.266. The predicted molar refractivity (Wildman–Crippen MR) is 115 cm³/mol. The molecule has 1 heterocycles. The number of unbranched alkanes of at least 4 members (excludes halogenated alkanes) is 7. The van der Waals surface area contributed by atoms with Crippen LogP contribution < -0.4 is 0 Å². The van der Waals surface area contributed by atoms with Crippen LogP contribution in [-0.2, 0) is 19.0 Å². The maximum Gasteiger partial charge on any atom is 0.306 e. The molecule has 6 N–H and O–H groups in total. The highest BCUT2D eigenvalue weighted by Crippen LogP contribution is 2.25. The van der Waals surface area contributed by atoms with Crippen molar-refractivity contribution in [2.45, 2.75) is 114 Å². The Kier molecular flexibility index (Phi) is 14.3. The second-order valence-electron chi connectivity index (χ2n) is 8.23. The zero-order valence-corrected chi connectivity index (χ0v) is 18.9. The number of esters is 1. The number of ether oxygens (including phenoxy) is 3. The first kappa shape index (κ1) is 27.4. The molecule has 1 aliphatic rings. The van der Waals surface area contributed by atoms with Crippen LogP contribution in [0.3, 0.4) is 0 Å². The second kappa shape index (κ2) is 16.7. The summed E-state index contributed by atoms with van der Waals surface area (Å²) in [7, 11) is 0. The Morgan fingerprint density at radius 2 is 1.56 bits per heavy atom. The van der Waals surface area contributed by atoms with Gasteiger partial charge in [-0.15, -0.1) is 0 Å². The van der Waals surface area contributed by atoms with E-state index in [9.17, 15) is 30.3 Å². The molecule has 0 bridgehead atoms. The molecule has 8 atom stereocenters. The highest BCUT2D eigenvalue weighted by atomic mass is 16.7. The van der Waals surface area contributed by atoms with Gasteiger partial charge in [-0.05, 0) is 6.42 Å². The van der Waals surface area contributed by atoms with E-state index in [-0.39, 0.29) is 6.42 Å². The van der Waals surface area contributed by atoms with Crippen molar-refractivity contribution in [2.24, 2.45) is 0 Å². The number of hydrogen-bond acceptors (Lipinski definition) is 10. The molecule has 10 heteroatoms. The summed E-state index contributed by atoms with van der Waals surface area (Å²) >= 11 is 0. The van der Waals surface area contributed by atoms with Gasteiger partial charge in [0, 0.05) is 7.77 Å². The van der Waals surface area contributed by atoms with E-state index >= 15 is 0 Å². The fourth-order valence-electron chi connectivity index (χ4n) is 3.44. The third-order valence-corrected chi connectivity index (χ3v) is 5.51. The summed E-state index contributed by atoms with van der Waals surface area (Å²) in [6, 6.07) is 0. The lowest BCUT2D eigenvalue weighted by Crippen LogP contribution is -2.60. The summed E-state index contributed by atoms with van der Waals surface area (Å²) in [5.41, 5.74) is 0. The van der Waals surface area contributed by atoms with E-state index in [0.29, 0.717) is 6.42 Å². The van der Waals surface area contributed by atoms with E-state index in [1.165, 1.54) is 25.7 Å². The zero-order chi connectivity index (χ0) is 24.8. The zero-order valence-electron chi connectivity index (χ0n) is 19.9. The summed E-state index contributed by atoms with van der Waals surface area (Å²) in [5.74, 6) is -0.908. The summed E-state index contributed by atoms with van der Waals surface area (Å²) in [5, 5.41) is 58.2. The number of aliphatic hydroxyl groups is 6. The monoisotopic (exact) mass is 467 g/mol. The van der Waals surface area contributed by atoms with Gasteiger partial charge in [0.05, 0.1) is 19.8 Å². The molecule has 1 aliphatic heterocycles. The number of hydrogen-bond donors (Lipinski definition) is 6. The average molecular weight is 468 g/mol. The number of carbonyl (C=O) groups excluding carboxylic acids is 1. The Balaban J connectivity index is 2.52. The summed E-state index contributed by atoms with van der Waals surface area (Å²) < 4.78 is 23.7. The van der Waals surface area contributed by atoms with Gasteiger partial charge in [-0.3, -0.25) is 4.79 Å². The molecule has 0 aliphatic carbocycles. The third kappa shape index (κ3) is 10.4. The van der Waals surface area contributed by atoms with Crippen LogP contribution in [-0.4, -0.2) is 99.3 Å². The lowest BCUT2D eigenvalue weighted by Gasteiger charge is -2.41. The Hall–Kier alpha value is -0.850. The number of carbonyl (C=O) groups is 1. The number of aliphatic hydroxyl groups excluding tert-OH is 6. The smallest absolute Gasteiger partial charge is 0.306 e. The molecule has 0 aromatic carbocycles. The standard InChI is InChI=1S/C22H42O10/c1-2-3-4-5-6-7-8-9-10-11-18(27)32-21-19(28)17(13-24)31-22(20(21)29)30-14-16(26)15(25)12-23/h15-17,19-26,28-29H,2-14H2,1H3/t15-,16+,17+,19+,20-,21-,22?/m0/s1/i11D/t11?,15-,16+,17+,19+,20-,21-,22?. The van der Waals surface area contributed by atoms with Crippen LogP contribution in [0.5, 0.6) is 0 Å². The molecule has 1 rings (SSSR count). The van der Waals surface area contributed by atoms with Crippen LogP contribution in [0.2, 0.25) is 0 Å². The van der Waals surface area contributed by atoms with Crippen LogP contribution in [0, 0.1) is 0 Å². The van der Waals surface area contributed by atoms with Gasteiger partial charge in [0.25, 0.3) is 0 Å². The van der Waals surface area contributed by atoms with Crippen molar-refractivity contribution < 1.29 is 51.0 Å². The summed E-state index contributed by atoms with van der Waals surface area (Å²) in [6.07, 6.45) is -2.71. The Morgan fingerprint density at radius 3 is 2.12 bits per heavy atom. The SMILES string of the molecule is [2H]C(CCCCCCCCCC)C(=O)O[C@H]1[C@H](O)[C@@H](CO)OC(OC[C@@H](O)[C@@H](O)CO)[C@H]1O. The Bertz CT molecular complexity index is 525. The fourth-order valence-corrected chi connectivity index (χ4v) is 3.44. The lowest BCUT2D eigenvalue weighted by atomic mass is 9.99. The topological polar surface area (TPSA) is 166 Å². The number of rotatable bonds is 17. The third-order valence-electron chi connectivity index (χ3n) is 5.51. The van der Waals surface area contributed by atoms with Crippen LogP contribution in [0.15, 0.2) is 0 Å². The van der Waals surface area contributed by atoms with Crippen molar-refractivity contribution in [2.75, 3.05) is 19.8 Å². The molecular weight excluding hydrogens is 424 g/mol. The van der Waals surface area contributed by atoms with Gasteiger partial charge in [-0.2, -0.15) is 0 Å². The van der Waals surface area contributed by atoms with E-state index in [4.69, 9.17) is 20.7 Å². The molecule has 0 aromatic rings. The van der Waals surface area contributed by atoms with Gasteiger partial charge < -0.3 is 44.8 Å². The first-order chi connectivity index (χ1) is 15.8. The molecule has 1 saturated heterocycles. The molecule has 0 radical (unpaired) electrons. The Morgan fingerprint density at radius 1 is 0.969 bits per heavy atom. The maximum atomic E-state index is 12.4. The van der Waals surface area contributed by atoms with Crippen molar-refractivity contribution >= 4 is 5.97 Å². The predicted octanol–water partition coefficient (Wildman–Crippen LogP) is -0.0112. The van der Waals surface area contributed by atoms with Crippen molar-refractivity contribution in [1.29, 1.82) is 0 Å². The largest absolute Gasteiger partial charge is 0.456 e. The van der Waals surface area contributed by atoms with Crippen LogP contribution in [0.4, 0.5) is 0 Å². The normalized spacial score (nSPS) is 29.2. The minimum absolute atomic E-state index is 0.289. The van der Waals surface area contributed by atoms with Crippen molar-refractivity contribution in [1.82, 2.24) is 0 Å². The molecule has 1 fully saturated rings. The van der Waals surface area contributed by atoms with Gasteiger partial charge in [0.15, 0.2) is 12.4 Å². The average Bonchev–Trinajstić information content (AvgIpc) is 2.81. The molecule has 2 unspecified atom stereocenters. The first-order valence-corrected chi connectivity index (χ1v) is 11.6. The van der Waals surface area contributed by atoms with E-state index in [1.807, 2.05) is 0 Å². The van der Waals surface area contributed by atoms with E-state index < -0.39 is 75.1 Å². The van der Waals surface area contributed by atoms with Crippen LogP contribution in [0.1, 0.15) is 72.5 Å². The minimum Gasteiger partial charge on any atom is -0.456 e. The second-order valence-corrected chi connectivity index (χ2v) is 8.23. The lowest BCUT2D eigenvalue weighted by molar-refractivity contribution is -0.308. The molecule has 10 nitrogen and oxygen atoms in total. The molecule has 32 heavy (non-hydrogen) atoms. The van der Waals surface area contributed by atoms with Crippen molar-refractivity contribution in [3.8, 4) is 0 Å². The molecule has 190 valence electrons. The van der Waals surface area contributed by atoms with Crippen molar-refractivity contribution in [3.63, 3.8) is 0 Å². The van der Waals surface area contributed by atoms with Gasteiger partial charge in [0.1, 0.15) is 30.5 Å². The highest BCUT2D eigenvalue weighted by Gasteiger charge is 2.47. The molecular formula is C22H42O10. The quantitative estimate of drug-likeness (QED) is 0.126. The van der Waals surface area contributed by atoms with Gasteiger partial charge in [0.2, 0.25) is 0 Å². The van der Waals surface area contributed by atoms with E-state index in [0.717, 1.165) is 19.3 Å². The van der Waals surface area contributed by atoms with E-state index in [1.54, 1.807) is 0 Å². The van der Waals surface area contributed by atoms with Gasteiger partial charge in [-0.1, -0.05) is 58.3 Å². The molecule has 0 saturated carbocycles. The van der Waals surface area contributed by atoms with Gasteiger partial charge in [-0.25, -0.2) is 0 Å². The minimum atomic E-state index is -1.67. The van der Waals surface area contributed by atoms with Crippen LogP contribution in [0.25, 0.3) is 0 Å². The maximum absolute atomic E-state index is 12.4. The van der Waals surface area contributed by atoms with Gasteiger partial charge >= 0.3 is 5.97 Å². The molecule has 0 spiro atoms. The van der Waals surface area contributed by atoms with Crippen LogP contribution >= 0.6 is 0 Å². The fraction of sp³-hybridized carbons (Fsp3) is 0.955. The van der Waals surface area contributed by atoms with E-state index in [2.05, 4.69) is 6.92 Å². The first-order valence-electron chi connectivity index (χ1n) is 12.2. The summed E-state index contributed by atoms with van der Waals surface area (Å²) in [4.78, 5) is 12.4.